The molecule has 4 N–H and O–H groups in total. The van der Waals surface area contributed by atoms with Gasteiger partial charge < -0.3 is 29.8 Å². The highest BCUT2D eigenvalue weighted by Crippen LogP contribution is 2.36. The van der Waals surface area contributed by atoms with Crippen molar-refractivity contribution in [2.24, 2.45) is 5.92 Å². The molecule has 3 amide bonds. The maximum absolute atomic E-state index is 14.3. The van der Waals surface area contributed by atoms with E-state index in [0.717, 1.165) is 81.7 Å². The quantitative estimate of drug-likeness (QED) is 0.0794. The number of hydrogen-bond donors (Lipinski definition) is 4. The Morgan fingerprint density at radius 3 is 1.92 bits per heavy atom. The number of hydrogen-bond acceptors (Lipinski definition) is 8. The van der Waals surface area contributed by atoms with Crippen molar-refractivity contribution in [1.29, 1.82) is 0 Å². The number of aromatic amines is 2. The van der Waals surface area contributed by atoms with E-state index >= 15 is 0 Å². The molecule has 5 heterocycles. The lowest BCUT2D eigenvalue weighted by atomic mass is 9.98. The molecule has 0 bridgehead atoms. The summed E-state index contributed by atoms with van der Waals surface area (Å²) in [5, 5.41) is 8.46. The normalized spacial score (nSPS) is 17.2. The molecule has 0 radical (unpaired) electrons. The summed E-state index contributed by atoms with van der Waals surface area (Å²) in [6.45, 7) is 5.70. The van der Waals surface area contributed by atoms with Gasteiger partial charge in [0.25, 0.3) is 5.91 Å². The topological polar surface area (TPSA) is 161 Å². The third-order valence-corrected chi connectivity index (χ3v) is 12.5. The van der Waals surface area contributed by atoms with Crippen molar-refractivity contribution in [2.45, 2.75) is 63.7 Å². The summed E-state index contributed by atoms with van der Waals surface area (Å²) in [6.07, 6.45) is 10.2. The number of ether oxygens (including phenoxy) is 1. The molecule has 13 nitrogen and oxygen atoms in total. The fraction of sp³-hybridized carbons (Fsp3) is 0.294. The molecule has 0 saturated carbocycles. The summed E-state index contributed by atoms with van der Waals surface area (Å²) < 4.78 is 5.21. The maximum Gasteiger partial charge on any atom is 0.253 e. The molecular weight excluding hydrogens is 803 g/mol. The summed E-state index contributed by atoms with van der Waals surface area (Å²) in [4.78, 5) is 65.6. The first-order valence-electron chi connectivity index (χ1n) is 22.1. The largest absolute Gasteiger partial charge is 0.370 e. The molecular formula is C51H53N9O4. The van der Waals surface area contributed by atoms with E-state index in [0.29, 0.717) is 30.9 Å². The van der Waals surface area contributed by atoms with Gasteiger partial charge in [-0.2, -0.15) is 0 Å². The second-order valence-corrected chi connectivity index (χ2v) is 17.0. The van der Waals surface area contributed by atoms with Crippen LogP contribution < -0.4 is 10.6 Å². The van der Waals surface area contributed by atoms with Crippen LogP contribution in [-0.2, 0) is 14.3 Å². The van der Waals surface area contributed by atoms with Gasteiger partial charge in [0, 0.05) is 38.2 Å². The van der Waals surface area contributed by atoms with Gasteiger partial charge in [-0.3, -0.25) is 24.7 Å². The van der Waals surface area contributed by atoms with Crippen molar-refractivity contribution in [3.63, 3.8) is 0 Å². The summed E-state index contributed by atoms with van der Waals surface area (Å²) >= 11 is 0. The zero-order valence-electron chi connectivity index (χ0n) is 36.3. The molecule has 4 aromatic carbocycles. The molecule has 2 saturated heterocycles. The van der Waals surface area contributed by atoms with Crippen molar-refractivity contribution < 1.29 is 19.1 Å². The van der Waals surface area contributed by atoms with Gasteiger partial charge in [0.05, 0.1) is 54.2 Å². The molecule has 4 atom stereocenters. The molecule has 0 spiro atoms. The molecule has 2 aliphatic heterocycles. The number of pyridine rings is 1. The van der Waals surface area contributed by atoms with Crippen LogP contribution in [0.5, 0.6) is 0 Å². The van der Waals surface area contributed by atoms with Crippen LogP contribution in [0.2, 0.25) is 0 Å². The molecule has 0 unspecified atom stereocenters. The number of aromatic nitrogens is 5. The summed E-state index contributed by atoms with van der Waals surface area (Å²) in [6, 6.07) is 32.6. The van der Waals surface area contributed by atoms with Crippen molar-refractivity contribution in [3.05, 3.63) is 151 Å². The van der Waals surface area contributed by atoms with E-state index in [9.17, 15) is 14.4 Å². The number of rotatable bonds is 14. The number of nitrogens with one attached hydrogen (secondary N) is 4. The second-order valence-electron chi connectivity index (χ2n) is 17.0. The van der Waals surface area contributed by atoms with Crippen molar-refractivity contribution in [2.75, 3.05) is 26.9 Å². The Balaban J connectivity index is 0.871. The van der Waals surface area contributed by atoms with Crippen molar-refractivity contribution in [3.8, 4) is 33.6 Å². The zero-order valence-corrected chi connectivity index (χ0v) is 36.3. The lowest BCUT2D eigenvalue weighted by Crippen LogP contribution is -2.49. The van der Waals surface area contributed by atoms with Gasteiger partial charge in [0.2, 0.25) is 11.8 Å². The average molecular weight is 856 g/mol. The minimum Gasteiger partial charge on any atom is -0.370 e. The van der Waals surface area contributed by atoms with E-state index in [2.05, 4.69) is 100 Å². The van der Waals surface area contributed by atoms with Crippen molar-refractivity contribution >= 4 is 28.5 Å². The van der Waals surface area contributed by atoms with Gasteiger partial charge in [0.1, 0.15) is 17.7 Å². The fourth-order valence-corrected chi connectivity index (χ4v) is 9.14. The van der Waals surface area contributed by atoms with Crippen LogP contribution in [0, 0.1) is 5.92 Å². The first-order chi connectivity index (χ1) is 31.2. The predicted molar refractivity (Wildman–Crippen MR) is 246 cm³/mol. The minimum atomic E-state index is -0.863. The Labute approximate surface area is 372 Å². The Bertz CT molecular complexity index is 2730. The molecule has 7 aromatic rings. The Kier molecular flexibility index (Phi) is 12.4. The van der Waals surface area contributed by atoms with E-state index in [1.54, 1.807) is 25.4 Å². The number of fused-ring (bicyclic) bond motifs is 1. The number of carbonyl (C=O) groups excluding carboxylic acids is 3. The third kappa shape index (κ3) is 8.81. The average Bonchev–Trinajstić information content (AvgIpc) is 4.18. The zero-order chi connectivity index (χ0) is 44.2. The Hall–Kier alpha value is -6.96. The van der Waals surface area contributed by atoms with Crippen LogP contribution in [-0.4, -0.2) is 85.4 Å². The van der Waals surface area contributed by atoms with Crippen molar-refractivity contribution in [1.82, 2.24) is 45.4 Å². The number of H-pyrrole nitrogens is 2. The van der Waals surface area contributed by atoms with Crippen LogP contribution in [0.15, 0.2) is 128 Å². The summed E-state index contributed by atoms with van der Waals surface area (Å²) in [5.41, 5.74) is 7.11. The highest BCUT2D eigenvalue weighted by Gasteiger charge is 2.38. The highest BCUT2D eigenvalue weighted by atomic mass is 16.5. The number of methoxy groups -OCH3 is 1. The molecule has 64 heavy (non-hydrogen) atoms. The van der Waals surface area contributed by atoms with E-state index in [1.807, 2.05) is 52.5 Å². The van der Waals surface area contributed by atoms with E-state index in [1.165, 1.54) is 6.20 Å². The SMILES string of the molecule is COCN[C@H](C(=O)N1CCC[C@H]1c1ncc(-c2ccc3cc(-c4ccc(-c5cnc([C@@H]6CCCN6C(=O)[C@H](NC(=O)c6cccnc6)c6ccccc6)[nH]5)cc4)ccc3c2)[nH]1)C(C)C. The smallest absolute Gasteiger partial charge is 0.253 e. The molecule has 2 aliphatic rings. The van der Waals surface area contributed by atoms with Crippen LogP contribution in [0.3, 0.4) is 0 Å². The molecule has 3 aromatic heterocycles. The monoisotopic (exact) mass is 855 g/mol. The van der Waals surface area contributed by atoms with Gasteiger partial charge in [-0.25, -0.2) is 9.97 Å². The number of benzene rings is 4. The predicted octanol–water partition coefficient (Wildman–Crippen LogP) is 8.40. The number of nitrogens with zero attached hydrogens (tertiary/aromatic N) is 5. The molecule has 0 aliphatic carbocycles. The molecule has 13 heteroatoms. The Morgan fingerprint density at radius 2 is 1.30 bits per heavy atom. The lowest BCUT2D eigenvalue weighted by Gasteiger charge is -2.30. The number of amides is 3. The maximum atomic E-state index is 14.3. The van der Waals surface area contributed by atoms with Gasteiger partial charge in [-0.15, -0.1) is 0 Å². The van der Waals surface area contributed by atoms with Crippen LogP contribution >= 0.6 is 0 Å². The summed E-state index contributed by atoms with van der Waals surface area (Å²) in [7, 11) is 1.62. The van der Waals surface area contributed by atoms with Gasteiger partial charge in [-0.05, 0) is 88.9 Å². The van der Waals surface area contributed by atoms with Gasteiger partial charge >= 0.3 is 0 Å². The van der Waals surface area contributed by atoms with Crippen LogP contribution in [0.25, 0.3) is 44.4 Å². The van der Waals surface area contributed by atoms with E-state index < -0.39 is 6.04 Å². The number of carbonyl (C=O) groups is 3. The number of likely N-dealkylation sites (tertiary alicyclic amines) is 2. The van der Waals surface area contributed by atoms with Crippen LogP contribution in [0.4, 0.5) is 0 Å². The lowest BCUT2D eigenvalue weighted by molar-refractivity contribution is -0.136. The highest BCUT2D eigenvalue weighted by molar-refractivity contribution is 5.98. The third-order valence-electron chi connectivity index (χ3n) is 12.5. The van der Waals surface area contributed by atoms with E-state index in [4.69, 9.17) is 14.7 Å². The minimum absolute atomic E-state index is 0.0838. The van der Waals surface area contributed by atoms with Gasteiger partial charge in [-0.1, -0.05) is 92.7 Å². The standard InChI is InChI=1S/C51H53N9O4/c1-32(2)45(55-31-64-3)50(62)59-24-8-13-43(59)48-54-30-42(57-48)39-22-21-37-26-36(19-20-38(37)27-39)33-15-17-34(18-16-33)41-29-53-47(56-41)44-14-9-25-60(44)51(63)46(35-10-5-4-6-11-35)58-49(61)40-12-7-23-52-28-40/h4-7,10-12,15-23,26-30,32,43-46,55H,8-9,13-14,24-25,31H2,1-3H3,(H,53,56)(H,54,57)(H,58,61)/t43-,44-,45-,46+/m0/s1. The molecule has 2 fully saturated rings. The first kappa shape index (κ1) is 42.3. The van der Waals surface area contributed by atoms with E-state index in [-0.39, 0.29) is 41.8 Å². The fourth-order valence-electron chi connectivity index (χ4n) is 9.14. The first-order valence-corrected chi connectivity index (χ1v) is 22.1. The van der Waals surface area contributed by atoms with Crippen LogP contribution in [0.1, 0.15) is 85.2 Å². The second kappa shape index (κ2) is 18.8. The molecule has 9 rings (SSSR count). The Morgan fingerprint density at radius 1 is 0.703 bits per heavy atom. The van der Waals surface area contributed by atoms with Gasteiger partial charge in [0.15, 0.2) is 0 Å². The molecule has 326 valence electrons. The summed E-state index contributed by atoms with van der Waals surface area (Å²) in [5.74, 6) is 1.21. The number of imidazole rings is 2.